The molecule has 2 aromatic rings. The van der Waals surface area contributed by atoms with E-state index < -0.39 is 22.4 Å². The van der Waals surface area contributed by atoms with Gasteiger partial charge in [-0.25, -0.2) is 0 Å². The number of pyridine rings is 1. The molecule has 1 aromatic carbocycles. The van der Waals surface area contributed by atoms with Gasteiger partial charge in [-0.3, -0.25) is 19.9 Å². The van der Waals surface area contributed by atoms with Gasteiger partial charge in [-0.1, -0.05) is 6.07 Å². The zero-order chi connectivity index (χ0) is 21.7. The summed E-state index contributed by atoms with van der Waals surface area (Å²) in [5.41, 5.74) is -0.618. The van der Waals surface area contributed by atoms with E-state index >= 15 is 0 Å². The molecule has 1 amide bonds. The number of carbonyl (C=O) groups is 1. The summed E-state index contributed by atoms with van der Waals surface area (Å²) in [7, 11) is 0. The van der Waals surface area contributed by atoms with Crippen molar-refractivity contribution in [3.8, 4) is 0 Å². The molecule has 7 nitrogen and oxygen atoms in total. The van der Waals surface area contributed by atoms with Crippen LogP contribution in [0.2, 0.25) is 0 Å². The quantitative estimate of drug-likeness (QED) is 0.568. The first-order valence-corrected chi connectivity index (χ1v) is 9.54. The summed E-state index contributed by atoms with van der Waals surface area (Å²) in [6.07, 6.45) is -1.42. The summed E-state index contributed by atoms with van der Waals surface area (Å²) < 4.78 is 38.6. The second kappa shape index (κ2) is 9.10. The summed E-state index contributed by atoms with van der Waals surface area (Å²) in [5.74, 6) is -0.328. The van der Waals surface area contributed by atoms with Crippen molar-refractivity contribution in [2.24, 2.45) is 5.92 Å². The highest BCUT2D eigenvalue weighted by Gasteiger charge is 2.34. The Morgan fingerprint density at radius 3 is 2.57 bits per heavy atom. The van der Waals surface area contributed by atoms with Crippen molar-refractivity contribution in [3.63, 3.8) is 0 Å². The largest absolute Gasteiger partial charge is 0.416 e. The fourth-order valence-electron chi connectivity index (χ4n) is 3.50. The summed E-state index contributed by atoms with van der Waals surface area (Å²) in [6.45, 7) is 1.16. The number of hydrogen-bond acceptors (Lipinski definition) is 5. The lowest BCUT2D eigenvalue weighted by atomic mass is 9.95. The van der Waals surface area contributed by atoms with Crippen molar-refractivity contribution in [2.45, 2.75) is 25.4 Å². The highest BCUT2D eigenvalue weighted by atomic mass is 19.4. The van der Waals surface area contributed by atoms with Gasteiger partial charge >= 0.3 is 6.18 Å². The van der Waals surface area contributed by atoms with Crippen LogP contribution in [0.5, 0.6) is 0 Å². The number of nitro groups is 1. The van der Waals surface area contributed by atoms with Gasteiger partial charge in [-0.05, 0) is 37.1 Å². The van der Waals surface area contributed by atoms with Gasteiger partial charge in [-0.15, -0.1) is 0 Å². The first-order valence-electron chi connectivity index (χ1n) is 9.54. The van der Waals surface area contributed by atoms with Crippen molar-refractivity contribution in [1.29, 1.82) is 0 Å². The van der Waals surface area contributed by atoms with E-state index in [1.807, 2.05) is 18.2 Å². The zero-order valence-corrected chi connectivity index (χ0v) is 16.1. The summed E-state index contributed by atoms with van der Waals surface area (Å²) in [5, 5.41) is 14.2. The Morgan fingerprint density at radius 1 is 1.23 bits per heavy atom. The van der Waals surface area contributed by atoms with Crippen LogP contribution in [0.1, 0.15) is 24.1 Å². The van der Waals surface area contributed by atoms with Crippen LogP contribution in [0.25, 0.3) is 0 Å². The average molecular weight is 422 g/mol. The minimum absolute atomic E-state index is 0.0903. The molecule has 10 heteroatoms. The highest BCUT2D eigenvalue weighted by Crippen LogP contribution is 2.37. The van der Waals surface area contributed by atoms with Crippen LogP contribution in [-0.4, -0.2) is 35.4 Å². The predicted octanol–water partition coefficient (Wildman–Crippen LogP) is 3.58. The molecule has 1 aromatic heterocycles. The fraction of sp³-hybridized carbons (Fsp3) is 0.400. The summed E-state index contributed by atoms with van der Waals surface area (Å²) >= 11 is 0. The van der Waals surface area contributed by atoms with Crippen molar-refractivity contribution >= 4 is 17.3 Å². The maximum absolute atomic E-state index is 12.9. The van der Waals surface area contributed by atoms with Crippen LogP contribution < -0.4 is 10.2 Å². The SMILES string of the molecule is O=C(NCCc1ccccn1)C1CCN(c2ccc(C(F)(F)F)cc2[N+](=O)[O-])CC1. The topological polar surface area (TPSA) is 88.4 Å². The standard InChI is InChI=1S/C20H21F3N4O3/c21-20(22,23)15-4-5-17(18(13-15)27(29)30)26-11-7-14(8-12-26)19(28)25-10-6-16-3-1-2-9-24-16/h1-5,9,13-14H,6-8,10-12H2,(H,25,28). The molecule has 1 aliphatic heterocycles. The monoisotopic (exact) mass is 422 g/mol. The van der Waals surface area contributed by atoms with Gasteiger partial charge in [0.05, 0.1) is 10.5 Å². The van der Waals surface area contributed by atoms with E-state index in [0.29, 0.717) is 45.0 Å². The number of anilines is 1. The average Bonchev–Trinajstić information content (AvgIpc) is 2.73. The van der Waals surface area contributed by atoms with E-state index in [9.17, 15) is 28.1 Å². The number of alkyl halides is 3. The number of nitro benzene ring substituents is 1. The number of nitrogens with one attached hydrogen (secondary N) is 1. The molecule has 1 fully saturated rings. The Hall–Kier alpha value is -3.17. The lowest BCUT2D eigenvalue weighted by Gasteiger charge is -2.32. The molecule has 0 aliphatic carbocycles. The van der Waals surface area contributed by atoms with E-state index in [2.05, 4.69) is 10.3 Å². The third-order valence-corrected chi connectivity index (χ3v) is 5.11. The molecule has 0 spiro atoms. The Balaban J connectivity index is 1.57. The summed E-state index contributed by atoms with van der Waals surface area (Å²) in [4.78, 5) is 28.7. The lowest BCUT2D eigenvalue weighted by molar-refractivity contribution is -0.384. The maximum Gasteiger partial charge on any atom is 0.416 e. The second-order valence-corrected chi connectivity index (χ2v) is 7.08. The second-order valence-electron chi connectivity index (χ2n) is 7.08. The molecule has 0 unspecified atom stereocenters. The van der Waals surface area contributed by atoms with E-state index in [1.165, 1.54) is 0 Å². The first-order chi connectivity index (χ1) is 14.3. The molecule has 30 heavy (non-hydrogen) atoms. The lowest BCUT2D eigenvalue weighted by Crippen LogP contribution is -2.41. The molecule has 160 valence electrons. The number of aromatic nitrogens is 1. The van der Waals surface area contributed by atoms with E-state index in [-0.39, 0.29) is 17.5 Å². The van der Waals surface area contributed by atoms with Crippen molar-refractivity contribution in [2.75, 3.05) is 24.5 Å². The van der Waals surface area contributed by atoms with Gasteiger partial charge in [0, 0.05) is 49.9 Å². The molecule has 1 N–H and O–H groups in total. The van der Waals surface area contributed by atoms with E-state index in [4.69, 9.17) is 0 Å². The number of carbonyl (C=O) groups excluding carboxylic acids is 1. The van der Waals surface area contributed by atoms with Crippen LogP contribution in [0, 0.1) is 16.0 Å². The van der Waals surface area contributed by atoms with Crippen molar-refractivity contribution in [1.82, 2.24) is 10.3 Å². The number of rotatable bonds is 6. The predicted molar refractivity (Wildman–Crippen MR) is 104 cm³/mol. The molecule has 0 radical (unpaired) electrons. The van der Waals surface area contributed by atoms with Gasteiger partial charge in [0.25, 0.3) is 5.69 Å². The third kappa shape index (κ3) is 5.25. The third-order valence-electron chi connectivity index (χ3n) is 5.11. The van der Waals surface area contributed by atoms with Crippen molar-refractivity contribution < 1.29 is 22.9 Å². The number of piperidine rings is 1. The zero-order valence-electron chi connectivity index (χ0n) is 16.1. The van der Waals surface area contributed by atoms with E-state index in [1.54, 1.807) is 11.1 Å². The van der Waals surface area contributed by atoms with Gasteiger partial charge in [0.1, 0.15) is 5.69 Å². The maximum atomic E-state index is 12.9. The fourth-order valence-corrected chi connectivity index (χ4v) is 3.50. The molecule has 0 atom stereocenters. The Morgan fingerprint density at radius 2 is 1.97 bits per heavy atom. The molecular formula is C20H21F3N4O3. The van der Waals surface area contributed by atoms with Gasteiger partial charge in [0.15, 0.2) is 0 Å². The molecule has 3 rings (SSSR count). The minimum Gasteiger partial charge on any atom is -0.366 e. The number of hydrogen-bond donors (Lipinski definition) is 1. The number of nitrogens with zero attached hydrogens (tertiary/aromatic N) is 3. The number of benzene rings is 1. The van der Waals surface area contributed by atoms with Gasteiger partial charge in [0.2, 0.25) is 5.91 Å². The first kappa shape index (κ1) is 21.5. The van der Waals surface area contributed by atoms with Crippen molar-refractivity contribution in [3.05, 3.63) is 64.0 Å². The van der Waals surface area contributed by atoms with Crippen LogP contribution in [0.3, 0.4) is 0 Å². The number of amides is 1. The minimum atomic E-state index is -4.65. The summed E-state index contributed by atoms with van der Waals surface area (Å²) in [6, 6.07) is 8.11. The molecule has 1 saturated heterocycles. The Kier molecular flexibility index (Phi) is 6.53. The molecule has 0 bridgehead atoms. The molecule has 0 saturated carbocycles. The number of halogens is 3. The van der Waals surface area contributed by atoms with Crippen LogP contribution in [-0.2, 0) is 17.4 Å². The van der Waals surface area contributed by atoms with Gasteiger partial charge in [-0.2, -0.15) is 13.2 Å². The smallest absolute Gasteiger partial charge is 0.366 e. The molecule has 2 heterocycles. The molecular weight excluding hydrogens is 401 g/mol. The Bertz CT molecular complexity index is 898. The normalized spacial score (nSPS) is 15.1. The van der Waals surface area contributed by atoms with Crippen LogP contribution in [0.15, 0.2) is 42.6 Å². The van der Waals surface area contributed by atoms with E-state index in [0.717, 1.165) is 17.8 Å². The van der Waals surface area contributed by atoms with Gasteiger partial charge < -0.3 is 10.2 Å². The van der Waals surface area contributed by atoms with Crippen LogP contribution in [0.4, 0.5) is 24.5 Å². The molecule has 1 aliphatic rings. The highest BCUT2D eigenvalue weighted by molar-refractivity contribution is 5.79. The Labute approximate surface area is 171 Å². The van der Waals surface area contributed by atoms with Crippen LogP contribution >= 0.6 is 0 Å².